The van der Waals surface area contributed by atoms with Gasteiger partial charge in [-0.15, -0.1) is 0 Å². The summed E-state index contributed by atoms with van der Waals surface area (Å²) in [5.74, 6) is -1.99. The lowest BCUT2D eigenvalue weighted by Gasteiger charge is -2.11. The summed E-state index contributed by atoms with van der Waals surface area (Å²) in [6.07, 6.45) is 1.32. The zero-order valence-corrected chi connectivity index (χ0v) is 15.4. The molecule has 0 aliphatic rings. The molecule has 0 saturated heterocycles. The molecular weight excluding hydrogens is 391 g/mol. The van der Waals surface area contributed by atoms with Crippen LogP contribution >= 0.6 is 23.2 Å². The Balaban J connectivity index is 2.15. The maximum absolute atomic E-state index is 12.2. The molecule has 1 N–H and O–H groups in total. The Labute approximate surface area is 165 Å². The first kappa shape index (κ1) is 20.3. The molecule has 0 fully saturated rings. The standard InChI is InChI=1S/C19H14Cl2N2O4/c20-15-7-13(8-16(21)18(15)27-11-17(24)25)6-14(9-22)19(26)23-10-12-4-2-1-3-5-12/h1-8H,10-11H2,(H,23,26)(H,24,25)/p-1/b14-6-. The van der Waals surface area contributed by atoms with Gasteiger partial charge >= 0.3 is 0 Å². The van der Waals surface area contributed by atoms with Crippen LogP contribution in [0, 0.1) is 11.3 Å². The highest BCUT2D eigenvalue weighted by atomic mass is 35.5. The Morgan fingerprint density at radius 2 is 1.81 bits per heavy atom. The Hall–Kier alpha value is -3.01. The van der Waals surface area contributed by atoms with Gasteiger partial charge in [0, 0.05) is 6.54 Å². The van der Waals surface area contributed by atoms with Crippen LogP contribution in [-0.2, 0) is 16.1 Å². The van der Waals surface area contributed by atoms with Gasteiger partial charge in [-0.05, 0) is 29.3 Å². The monoisotopic (exact) mass is 403 g/mol. The van der Waals surface area contributed by atoms with Crippen molar-refractivity contribution in [1.82, 2.24) is 5.32 Å². The van der Waals surface area contributed by atoms with E-state index in [1.807, 2.05) is 36.4 Å². The zero-order chi connectivity index (χ0) is 19.8. The van der Waals surface area contributed by atoms with E-state index in [1.165, 1.54) is 18.2 Å². The molecule has 0 bridgehead atoms. The van der Waals surface area contributed by atoms with Crippen molar-refractivity contribution in [2.45, 2.75) is 6.54 Å². The number of rotatable bonds is 7. The molecule has 8 heteroatoms. The van der Waals surface area contributed by atoms with Crippen molar-refractivity contribution in [1.29, 1.82) is 5.26 Å². The van der Waals surface area contributed by atoms with Crippen LogP contribution in [0.2, 0.25) is 10.0 Å². The van der Waals surface area contributed by atoms with Crippen molar-refractivity contribution in [3.05, 3.63) is 69.2 Å². The van der Waals surface area contributed by atoms with E-state index in [1.54, 1.807) is 0 Å². The van der Waals surface area contributed by atoms with Gasteiger partial charge in [0.05, 0.1) is 16.0 Å². The molecule has 0 atom stereocenters. The Morgan fingerprint density at radius 3 is 2.37 bits per heavy atom. The van der Waals surface area contributed by atoms with E-state index in [9.17, 15) is 20.0 Å². The number of carboxylic acid groups (broad SMARTS) is 1. The highest BCUT2D eigenvalue weighted by Crippen LogP contribution is 2.34. The van der Waals surface area contributed by atoms with Gasteiger partial charge in [-0.2, -0.15) is 5.26 Å². The van der Waals surface area contributed by atoms with Crippen LogP contribution < -0.4 is 15.2 Å². The smallest absolute Gasteiger partial charge is 0.262 e. The molecule has 2 aromatic rings. The molecule has 0 saturated carbocycles. The topological polar surface area (TPSA) is 102 Å². The van der Waals surface area contributed by atoms with Gasteiger partial charge in [0.1, 0.15) is 18.2 Å². The van der Waals surface area contributed by atoms with Crippen LogP contribution in [0.5, 0.6) is 5.75 Å². The second-order valence-corrected chi connectivity index (χ2v) is 6.13. The number of nitrogens with one attached hydrogen (secondary N) is 1. The molecule has 0 aliphatic heterocycles. The lowest BCUT2D eigenvalue weighted by atomic mass is 10.1. The predicted molar refractivity (Wildman–Crippen MR) is 98.8 cm³/mol. The number of carbonyl (C=O) groups is 2. The maximum Gasteiger partial charge on any atom is 0.262 e. The van der Waals surface area contributed by atoms with Gasteiger partial charge in [0.2, 0.25) is 0 Å². The lowest BCUT2D eigenvalue weighted by molar-refractivity contribution is -0.307. The average Bonchev–Trinajstić information content (AvgIpc) is 2.64. The number of hydrogen-bond acceptors (Lipinski definition) is 5. The third-order valence-electron chi connectivity index (χ3n) is 3.33. The van der Waals surface area contributed by atoms with Gasteiger partial charge in [-0.25, -0.2) is 0 Å². The number of aliphatic carboxylic acids is 1. The molecule has 6 nitrogen and oxygen atoms in total. The molecule has 0 spiro atoms. The molecule has 0 radical (unpaired) electrons. The second-order valence-electron chi connectivity index (χ2n) is 5.31. The number of carbonyl (C=O) groups excluding carboxylic acids is 2. The number of ether oxygens (including phenoxy) is 1. The normalized spacial score (nSPS) is 10.8. The van der Waals surface area contributed by atoms with E-state index in [2.05, 4.69) is 5.32 Å². The van der Waals surface area contributed by atoms with E-state index in [0.29, 0.717) is 5.56 Å². The fraction of sp³-hybridized carbons (Fsp3) is 0.105. The second kappa shape index (κ2) is 9.62. The van der Waals surface area contributed by atoms with E-state index in [-0.39, 0.29) is 27.9 Å². The highest BCUT2D eigenvalue weighted by Gasteiger charge is 2.12. The summed E-state index contributed by atoms with van der Waals surface area (Å²) in [5, 5.41) is 22.5. The Kier molecular flexibility index (Phi) is 7.24. The molecule has 0 aromatic heterocycles. The van der Waals surface area contributed by atoms with Gasteiger partial charge in [0.15, 0.2) is 5.75 Å². The molecule has 2 rings (SSSR count). The predicted octanol–water partition coefficient (Wildman–Crippen LogP) is 2.35. The molecule has 138 valence electrons. The van der Waals surface area contributed by atoms with Gasteiger partial charge in [-0.3, -0.25) is 4.79 Å². The largest absolute Gasteiger partial charge is 0.546 e. The van der Waals surface area contributed by atoms with Gasteiger partial charge in [0.25, 0.3) is 5.91 Å². The quantitative estimate of drug-likeness (QED) is 0.564. The first-order chi connectivity index (χ1) is 12.9. The molecule has 0 unspecified atom stereocenters. The van der Waals surface area contributed by atoms with Crippen molar-refractivity contribution >= 4 is 41.2 Å². The van der Waals surface area contributed by atoms with Crippen LogP contribution in [-0.4, -0.2) is 18.5 Å². The number of carboxylic acids is 1. The number of benzene rings is 2. The number of nitriles is 1. The maximum atomic E-state index is 12.2. The van der Waals surface area contributed by atoms with E-state index >= 15 is 0 Å². The summed E-state index contributed by atoms with van der Waals surface area (Å²) in [7, 11) is 0. The lowest BCUT2D eigenvalue weighted by Crippen LogP contribution is -2.29. The molecule has 27 heavy (non-hydrogen) atoms. The summed E-state index contributed by atoms with van der Waals surface area (Å²) in [5.41, 5.74) is 1.14. The zero-order valence-electron chi connectivity index (χ0n) is 13.9. The Morgan fingerprint density at radius 1 is 1.19 bits per heavy atom. The Bertz CT molecular complexity index is 898. The minimum Gasteiger partial charge on any atom is -0.546 e. The van der Waals surface area contributed by atoms with Gasteiger partial charge < -0.3 is 20.0 Å². The number of nitrogens with zero attached hydrogens (tertiary/aromatic N) is 1. The van der Waals surface area contributed by atoms with Crippen molar-refractivity contribution in [3.8, 4) is 11.8 Å². The van der Waals surface area contributed by atoms with Crippen molar-refractivity contribution < 1.29 is 19.4 Å². The summed E-state index contributed by atoms with van der Waals surface area (Å²) in [6.45, 7) is -0.434. The molecule has 0 heterocycles. The van der Waals surface area contributed by atoms with E-state index in [0.717, 1.165) is 5.56 Å². The SMILES string of the molecule is N#C/C(=C/c1cc(Cl)c(OCC(=O)[O-])c(Cl)c1)C(=O)NCc1ccccc1. The fourth-order valence-electron chi connectivity index (χ4n) is 2.12. The summed E-state index contributed by atoms with van der Waals surface area (Å²) >= 11 is 12.1. The number of hydrogen-bond donors (Lipinski definition) is 1. The average molecular weight is 404 g/mol. The summed E-state index contributed by atoms with van der Waals surface area (Å²) < 4.78 is 4.96. The molecule has 2 aromatic carbocycles. The third kappa shape index (κ3) is 6.03. The fourth-order valence-corrected chi connectivity index (χ4v) is 2.73. The van der Waals surface area contributed by atoms with Crippen LogP contribution in [0.4, 0.5) is 0 Å². The van der Waals surface area contributed by atoms with Crippen LogP contribution in [0.15, 0.2) is 48.0 Å². The molecule has 1 amide bonds. The van der Waals surface area contributed by atoms with Crippen molar-refractivity contribution in [2.75, 3.05) is 6.61 Å². The van der Waals surface area contributed by atoms with E-state index in [4.69, 9.17) is 27.9 Å². The van der Waals surface area contributed by atoms with Crippen molar-refractivity contribution in [2.24, 2.45) is 0 Å². The van der Waals surface area contributed by atoms with Crippen molar-refractivity contribution in [3.63, 3.8) is 0 Å². The third-order valence-corrected chi connectivity index (χ3v) is 3.89. The van der Waals surface area contributed by atoms with E-state index < -0.39 is 18.5 Å². The first-order valence-corrected chi connectivity index (χ1v) is 8.42. The molecule has 0 aliphatic carbocycles. The van der Waals surface area contributed by atoms with Gasteiger partial charge in [-0.1, -0.05) is 53.5 Å². The number of halogens is 2. The summed E-state index contributed by atoms with van der Waals surface area (Å²) in [4.78, 5) is 22.7. The highest BCUT2D eigenvalue weighted by molar-refractivity contribution is 6.37. The molecular formula is C19H13Cl2N2O4-. The number of amides is 1. The van der Waals surface area contributed by atoms with Crippen LogP contribution in [0.3, 0.4) is 0 Å². The van der Waals surface area contributed by atoms with Crippen LogP contribution in [0.1, 0.15) is 11.1 Å². The minimum atomic E-state index is -1.42. The first-order valence-electron chi connectivity index (χ1n) is 7.66. The van der Waals surface area contributed by atoms with Crippen LogP contribution in [0.25, 0.3) is 6.08 Å². The minimum absolute atomic E-state index is 0.0216. The summed E-state index contributed by atoms with van der Waals surface area (Å²) in [6, 6.07) is 13.9.